The van der Waals surface area contributed by atoms with Crippen LogP contribution in [0.1, 0.15) is 29.6 Å². The number of oxazole rings is 1. The van der Waals surface area contributed by atoms with Gasteiger partial charge in [0.15, 0.2) is 5.89 Å². The van der Waals surface area contributed by atoms with Crippen molar-refractivity contribution >= 4 is 5.88 Å². The molecule has 1 fully saturated rings. The van der Waals surface area contributed by atoms with Gasteiger partial charge in [0.2, 0.25) is 11.6 Å². The maximum atomic E-state index is 12.0. The predicted molar refractivity (Wildman–Crippen MR) is 79.7 cm³/mol. The molecule has 6 heteroatoms. The lowest BCUT2D eigenvalue weighted by molar-refractivity contribution is 0.274. The van der Waals surface area contributed by atoms with Crippen molar-refractivity contribution in [1.82, 2.24) is 9.55 Å². The molecule has 2 aromatic rings. The Morgan fingerprint density at radius 2 is 2.23 bits per heavy atom. The first-order valence-corrected chi connectivity index (χ1v) is 7.48. The van der Waals surface area contributed by atoms with Crippen LogP contribution in [-0.2, 0) is 6.54 Å². The molecular weight excluding hydrogens is 280 g/mol. The van der Waals surface area contributed by atoms with Crippen molar-refractivity contribution in [2.45, 2.75) is 25.8 Å². The van der Waals surface area contributed by atoms with E-state index in [1.165, 1.54) is 0 Å². The van der Waals surface area contributed by atoms with Crippen molar-refractivity contribution in [1.29, 1.82) is 5.26 Å². The Morgan fingerprint density at radius 3 is 3.05 bits per heavy atom. The molecule has 2 atom stereocenters. The zero-order valence-electron chi connectivity index (χ0n) is 12.3. The average Bonchev–Trinajstić information content (AvgIpc) is 2.89. The smallest absolute Gasteiger partial charge is 0.250 e. The second-order valence-corrected chi connectivity index (χ2v) is 6.10. The van der Waals surface area contributed by atoms with Crippen LogP contribution in [0.4, 0.5) is 5.88 Å². The number of hydrogen-bond donors (Lipinski definition) is 0. The van der Waals surface area contributed by atoms with Gasteiger partial charge in [-0.15, -0.1) is 0 Å². The van der Waals surface area contributed by atoms with E-state index >= 15 is 0 Å². The number of fused-ring (bicyclic) bond motifs is 4. The first-order valence-electron chi connectivity index (χ1n) is 7.48. The fraction of sp³-hybridized carbons (Fsp3) is 0.438. The SMILES string of the molecule is Cc1nc(C#N)c(N2C[C@@H]3C[C@@H](C2)c2cccc(=O)n2C3)o1. The van der Waals surface area contributed by atoms with Gasteiger partial charge in [-0.1, -0.05) is 6.07 Å². The van der Waals surface area contributed by atoms with Gasteiger partial charge in [-0.25, -0.2) is 4.98 Å². The van der Waals surface area contributed by atoms with Crippen molar-refractivity contribution in [3.8, 4) is 6.07 Å². The van der Waals surface area contributed by atoms with Crippen LogP contribution in [0.2, 0.25) is 0 Å². The number of piperidine rings is 1. The van der Waals surface area contributed by atoms with Gasteiger partial charge in [0.25, 0.3) is 5.56 Å². The molecule has 112 valence electrons. The first-order chi connectivity index (χ1) is 10.7. The molecule has 0 aliphatic carbocycles. The molecule has 0 unspecified atom stereocenters. The van der Waals surface area contributed by atoms with E-state index in [0.29, 0.717) is 29.3 Å². The monoisotopic (exact) mass is 296 g/mol. The molecule has 0 saturated carbocycles. The lowest BCUT2D eigenvalue weighted by atomic mass is 9.83. The summed E-state index contributed by atoms with van der Waals surface area (Å²) in [5.41, 5.74) is 1.51. The van der Waals surface area contributed by atoms with Crippen LogP contribution >= 0.6 is 0 Å². The number of rotatable bonds is 1. The third kappa shape index (κ3) is 1.93. The van der Waals surface area contributed by atoms with Crippen LogP contribution < -0.4 is 10.5 Å². The number of aryl methyl sites for hydroxylation is 1. The third-order valence-electron chi connectivity index (χ3n) is 4.59. The summed E-state index contributed by atoms with van der Waals surface area (Å²) in [5.74, 6) is 1.77. The summed E-state index contributed by atoms with van der Waals surface area (Å²) in [6, 6.07) is 7.58. The number of nitriles is 1. The molecule has 0 N–H and O–H groups in total. The number of hydrogen-bond acceptors (Lipinski definition) is 5. The molecule has 2 aromatic heterocycles. The first kappa shape index (κ1) is 13.1. The third-order valence-corrected chi connectivity index (χ3v) is 4.59. The van der Waals surface area contributed by atoms with E-state index in [2.05, 4.69) is 16.0 Å². The van der Waals surface area contributed by atoms with Gasteiger partial charge < -0.3 is 13.9 Å². The molecular formula is C16H16N4O2. The number of nitrogens with zero attached hydrogens (tertiary/aromatic N) is 4. The summed E-state index contributed by atoms with van der Waals surface area (Å²) >= 11 is 0. The van der Waals surface area contributed by atoms with Crippen molar-refractivity contribution < 1.29 is 4.42 Å². The zero-order chi connectivity index (χ0) is 15.3. The number of anilines is 1. The minimum Gasteiger partial charge on any atom is -0.424 e. The van der Waals surface area contributed by atoms with Crippen molar-refractivity contribution in [3.05, 3.63) is 45.8 Å². The summed E-state index contributed by atoms with van der Waals surface area (Å²) < 4.78 is 7.54. The molecule has 0 amide bonds. The minimum absolute atomic E-state index is 0.0777. The van der Waals surface area contributed by atoms with Gasteiger partial charge in [-0.3, -0.25) is 4.79 Å². The van der Waals surface area contributed by atoms with Gasteiger partial charge in [-0.05, 0) is 18.4 Å². The van der Waals surface area contributed by atoms with Crippen LogP contribution in [0.3, 0.4) is 0 Å². The summed E-state index contributed by atoms with van der Waals surface area (Å²) in [6.07, 6.45) is 1.08. The minimum atomic E-state index is 0.0777. The Hall–Kier alpha value is -2.55. The van der Waals surface area contributed by atoms with E-state index in [0.717, 1.165) is 31.7 Å². The molecule has 2 aliphatic rings. The molecule has 1 saturated heterocycles. The van der Waals surface area contributed by atoms with Crippen LogP contribution in [0.25, 0.3) is 0 Å². The highest BCUT2D eigenvalue weighted by atomic mass is 16.4. The second-order valence-electron chi connectivity index (χ2n) is 6.10. The molecule has 0 radical (unpaired) electrons. The molecule has 4 rings (SSSR count). The van der Waals surface area contributed by atoms with E-state index in [-0.39, 0.29) is 5.56 Å². The maximum absolute atomic E-state index is 12.0. The van der Waals surface area contributed by atoms with Crippen molar-refractivity contribution in [3.63, 3.8) is 0 Å². The highest BCUT2D eigenvalue weighted by Gasteiger charge is 2.36. The summed E-state index contributed by atoms with van der Waals surface area (Å²) in [7, 11) is 0. The summed E-state index contributed by atoms with van der Waals surface area (Å²) in [6.45, 7) is 4.03. The van der Waals surface area contributed by atoms with Crippen molar-refractivity contribution in [2.24, 2.45) is 5.92 Å². The van der Waals surface area contributed by atoms with E-state index in [9.17, 15) is 10.1 Å². The molecule has 2 bridgehead atoms. The fourth-order valence-corrected chi connectivity index (χ4v) is 3.77. The molecule has 0 aromatic carbocycles. The Kier molecular flexibility index (Phi) is 2.83. The van der Waals surface area contributed by atoms with E-state index in [4.69, 9.17) is 4.42 Å². The zero-order valence-corrected chi connectivity index (χ0v) is 12.3. The molecule has 0 spiro atoms. The molecule has 22 heavy (non-hydrogen) atoms. The highest BCUT2D eigenvalue weighted by molar-refractivity contribution is 5.49. The Labute approximate surface area is 127 Å². The fourth-order valence-electron chi connectivity index (χ4n) is 3.77. The van der Waals surface area contributed by atoms with Crippen LogP contribution in [0.5, 0.6) is 0 Å². The van der Waals surface area contributed by atoms with Gasteiger partial charge in [0.1, 0.15) is 6.07 Å². The molecule has 4 heterocycles. The van der Waals surface area contributed by atoms with Gasteiger partial charge in [0, 0.05) is 44.2 Å². The summed E-state index contributed by atoms with van der Waals surface area (Å²) in [4.78, 5) is 18.3. The predicted octanol–water partition coefficient (Wildman–Crippen LogP) is 1.64. The van der Waals surface area contributed by atoms with Gasteiger partial charge in [0.05, 0.1) is 0 Å². The Balaban J connectivity index is 1.72. The lowest BCUT2D eigenvalue weighted by Crippen LogP contribution is -2.47. The normalized spacial score (nSPS) is 23.0. The van der Waals surface area contributed by atoms with Crippen LogP contribution in [-0.4, -0.2) is 22.6 Å². The maximum Gasteiger partial charge on any atom is 0.250 e. The largest absolute Gasteiger partial charge is 0.424 e. The standard InChI is InChI=1S/C16H16N4O2/c1-10-18-13(6-17)16(22-10)19-7-11-5-12(9-19)14-3-2-4-15(21)20(14)8-11/h2-4,11-12H,5,7-9H2,1H3/t11-,12-/m0/s1. The van der Waals surface area contributed by atoms with E-state index in [1.54, 1.807) is 13.0 Å². The molecule has 2 aliphatic heterocycles. The number of pyridine rings is 1. The van der Waals surface area contributed by atoms with Gasteiger partial charge in [-0.2, -0.15) is 5.26 Å². The van der Waals surface area contributed by atoms with Gasteiger partial charge >= 0.3 is 0 Å². The Morgan fingerprint density at radius 1 is 1.36 bits per heavy atom. The van der Waals surface area contributed by atoms with Crippen molar-refractivity contribution in [2.75, 3.05) is 18.0 Å². The van der Waals surface area contributed by atoms with E-state index < -0.39 is 0 Å². The topological polar surface area (TPSA) is 75.1 Å². The summed E-state index contributed by atoms with van der Waals surface area (Å²) in [5, 5.41) is 9.21. The second kappa shape index (κ2) is 4.73. The average molecular weight is 296 g/mol. The van der Waals surface area contributed by atoms with Crippen LogP contribution in [0.15, 0.2) is 27.4 Å². The number of aromatic nitrogens is 2. The highest BCUT2D eigenvalue weighted by Crippen LogP contribution is 2.37. The van der Waals surface area contributed by atoms with Crippen LogP contribution in [0, 0.1) is 24.2 Å². The molecule has 6 nitrogen and oxygen atoms in total. The van der Waals surface area contributed by atoms with E-state index in [1.807, 2.05) is 16.7 Å². The Bertz CT molecular complexity index is 829. The lowest BCUT2D eigenvalue weighted by Gasteiger charge is -2.42. The quantitative estimate of drug-likeness (QED) is 0.799.